The molecule has 0 saturated carbocycles. The first-order chi connectivity index (χ1) is 6.06. The zero-order valence-corrected chi connectivity index (χ0v) is 7.84. The zero-order valence-electron chi connectivity index (χ0n) is 7.08. The van der Waals surface area contributed by atoms with Gasteiger partial charge in [-0.3, -0.25) is 0 Å². The van der Waals surface area contributed by atoms with Crippen LogP contribution in [0.15, 0.2) is 12.1 Å². The predicted octanol–water partition coefficient (Wildman–Crippen LogP) is 1.88. The Morgan fingerprint density at radius 3 is 2.77 bits per heavy atom. The van der Waals surface area contributed by atoms with E-state index in [4.69, 9.17) is 22.6 Å². The number of rotatable bonds is 1. The van der Waals surface area contributed by atoms with E-state index in [2.05, 4.69) is 0 Å². The summed E-state index contributed by atoms with van der Waals surface area (Å²) in [5.74, 6) is -0.110. The summed E-state index contributed by atoms with van der Waals surface area (Å²) < 4.78 is 0. The molecule has 0 fully saturated rings. The van der Waals surface area contributed by atoms with Gasteiger partial charge < -0.3 is 10.8 Å². The summed E-state index contributed by atoms with van der Waals surface area (Å²) in [7, 11) is 0. The number of hydrogen-bond acceptors (Lipinski definition) is 3. The number of aryl methyl sites for hydroxylation is 1. The fourth-order valence-electron chi connectivity index (χ4n) is 1.07. The van der Waals surface area contributed by atoms with E-state index in [0.29, 0.717) is 5.56 Å². The summed E-state index contributed by atoms with van der Waals surface area (Å²) in [6, 6.07) is 4.26. The van der Waals surface area contributed by atoms with Gasteiger partial charge in [-0.2, -0.15) is 5.26 Å². The summed E-state index contributed by atoms with van der Waals surface area (Å²) in [4.78, 5) is 0. The van der Waals surface area contributed by atoms with Gasteiger partial charge in [-0.1, -0.05) is 11.6 Å². The standard InChI is InChI=1S/C9H9ClN2O/c1-5-2-6(8(12)4-11)9(13)7(10)3-5/h2-3,8,13H,12H2,1H3/t8-/m0/s1. The number of nitrogens with zero attached hydrogens (tertiary/aromatic N) is 1. The molecule has 0 aliphatic carbocycles. The highest BCUT2D eigenvalue weighted by molar-refractivity contribution is 6.32. The largest absolute Gasteiger partial charge is 0.506 e. The molecule has 13 heavy (non-hydrogen) atoms. The Kier molecular flexibility index (Phi) is 2.76. The van der Waals surface area contributed by atoms with Crippen molar-refractivity contribution in [1.82, 2.24) is 0 Å². The van der Waals surface area contributed by atoms with Gasteiger partial charge in [0.1, 0.15) is 11.8 Å². The van der Waals surface area contributed by atoms with Crippen LogP contribution in [0, 0.1) is 18.3 Å². The lowest BCUT2D eigenvalue weighted by Crippen LogP contribution is -2.07. The van der Waals surface area contributed by atoms with Crippen LogP contribution in [0.4, 0.5) is 0 Å². The van der Waals surface area contributed by atoms with E-state index < -0.39 is 6.04 Å². The molecule has 0 aliphatic rings. The van der Waals surface area contributed by atoms with E-state index in [-0.39, 0.29) is 10.8 Å². The molecule has 1 atom stereocenters. The van der Waals surface area contributed by atoms with Crippen molar-refractivity contribution in [2.75, 3.05) is 0 Å². The van der Waals surface area contributed by atoms with Gasteiger partial charge in [0.15, 0.2) is 0 Å². The molecule has 1 aromatic rings. The van der Waals surface area contributed by atoms with Crippen LogP contribution in [-0.4, -0.2) is 5.11 Å². The normalized spacial score (nSPS) is 12.2. The van der Waals surface area contributed by atoms with Crippen molar-refractivity contribution in [2.24, 2.45) is 5.73 Å². The number of phenolic OH excluding ortho intramolecular Hbond substituents is 1. The summed E-state index contributed by atoms with van der Waals surface area (Å²) in [5, 5.41) is 18.2. The Labute approximate surface area is 81.4 Å². The van der Waals surface area contributed by atoms with E-state index in [0.717, 1.165) is 5.56 Å². The van der Waals surface area contributed by atoms with Gasteiger partial charge in [-0.05, 0) is 24.6 Å². The van der Waals surface area contributed by atoms with Gasteiger partial charge >= 0.3 is 0 Å². The lowest BCUT2D eigenvalue weighted by atomic mass is 10.0. The van der Waals surface area contributed by atoms with Crippen molar-refractivity contribution in [3.8, 4) is 11.8 Å². The fourth-order valence-corrected chi connectivity index (χ4v) is 1.35. The Morgan fingerprint density at radius 2 is 2.23 bits per heavy atom. The molecule has 0 amide bonds. The summed E-state index contributed by atoms with van der Waals surface area (Å²) in [6.07, 6.45) is 0. The van der Waals surface area contributed by atoms with Crippen molar-refractivity contribution >= 4 is 11.6 Å². The number of nitriles is 1. The lowest BCUT2D eigenvalue weighted by molar-refractivity contribution is 0.466. The molecule has 1 aromatic carbocycles. The van der Waals surface area contributed by atoms with E-state index in [1.165, 1.54) is 0 Å². The van der Waals surface area contributed by atoms with Crippen LogP contribution in [0.3, 0.4) is 0 Å². The molecule has 0 radical (unpaired) electrons. The third-order valence-corrected chi connectivity index (χ3v) is 2.00. The van der Waals surface area contributed by atoms with Gasteiger partial charge in [0.2, 0.25) is 0 Å². The van der Waals surface area contributed by atoms with Crippen molar-refractivity contribution < 1.29 is 5.11 Å². The molecule has 0 aromatic heterocycles. The summed E-state index contributed by atoms with van der Waals surface area (Å²) >= 11 is 5.71. The maximum atomic E-state index is 9.46. The number of benzene rings is 1. The van der Waals surface area contributed by atoms with Gasteiger partial charge in [0.05, 0.1) is 11.1 Å². The van der Waals surface area contributed by atoms with Gasteiger partial charge in [0.25, 0.3) is 0 Å². The smallest absolute Gasteiger partial charge is 0.140 e. The highest BCUT2D eigenvalue weighted by Gasteiger charge is 2.13. The highest BCUT2D eigenvalue weighted by atomic mass is 35.5. The minimum atomic E-state index is -0.836. The quantitative estimate of drug-likeness (QED) is 0.721. The van der Waals surface area contributed by atoms with Crippen LogP contribution in [-0.2, 0) is 0 Å². The molecule has 0 unspecified atom stereocenters. The predicted molar refractivity (Wildman–Crippen MR) is 50.4 cm³/mol. The molecule has 0 saturated heterocycles. The molecule has 68 valence electrons. The van der Waals surface area contributed by atoms with Gasteiger partial charge in [-0.25, -0.2) is 0 Å². The molecule has 0 bridgehead atoms. The number of nitrogens with two attached hydrogens (primary N) is 1. The number of halogens is 1. The molecule has 3 nitrogen and oxygen atoms in total. The molecular weight excluding hydrogens is 188 g/mol. The topological polar surface area (TPSA) is 70.0 Å². The number of aromatic hydroxyl groups is 1. The van der Waals surface area contributed by atoms with E-state index in [1.807, 2.05) is 13.0 Å². The van der Waals surface area contributed by atoms with Crippen molar-refractivity contribution in [3.63, 3.8) is 0 Å². The molecular formula is C9H9ClN2O. The van der Waals surface area contributed by atoms with E-state index in [1.54, 1.807) is 12.1 Å². The van der Waals surface area contributed by atoms with Crippen LogP contribution in [0.5, 0.6) is 5.75 Å². The molecule has 1 rings (SSSR count). The molecule has 0 heterocycles. The maximum Gasteiger partial charge on any atom is 0.140 e. The van der Waals surface area contributed by atoms with Crippen LogP contribution < -0.4 is 5.73 Å². The van der Waals surface area contributed by atoms with Gasteiger partial charge in [0, 0.05) is 5.56 Å². The Balaban J connectivity index is 3.30. The molecule has 0 aliphatic heterocycles. The first-order valence-corrected chi connectivity index (χ1v) is 4.08. The first kappa shape index (κ1) is 9.85. The minimum Gasteiger partial charge on any atom is -0.506 e. The Bertz CT molecular complexity index is 371. The average Bonchev–Trinajstić information content (AvgIpc) is 2.10. The third-order valence-electron chi connectivity index (χ3n) is 1.71. The first-order valence-electron chi connectivity index (χ1n) is 3.70. The summed E-state index contributed by atoms with van der Waals surface area (Å²) in [5.41, 5.74) is 6.69. The van der Waals surface area contributed by atoms with Crippen LogP contribution in [0.1, 0.15) is 17.2 Å². The average molecular weight is 197 g/mol. The molecule has 4 heteroatoms. The zero-order chi connectivity index (χ0) is 10.0. The second kappa shape index (κ2) is 3.65. The fraction of sp³-hybridized carbons (Fsp3) is 0.222. The van der Waals surface area contributed by atoms with Gasteiger partial charge in [-0.15, -0.1) is 0 Å². The van der Waals surface area contributed by atoms with E-state index >= 15 is 0 Å². The SMILES string of the molecule is Cc1cc(Cl)c(O)c([C@@H](N)C#N)c1. The Hall–Kier alpha value is -1.24. The number of phenols is 1. The summed E-state index contributed by atoms with van der Waals surface area (Å²) in [6.45, 7) is 1.82. The van der Waals surface area contributed by atoms with Crippen LogP contribution in [0.2, 0.25) is 5.02 Å². The molecule has 0 spiro atoms. The molecule has 3 N–H and O–H groups in total. The third kappa shape index (κ3) is 1.92. The van der Waals surface area contributed by atoms with Crippen molar-refractivity contribution in [3.05, 3.63) is 28.3 Å². The Morgan fingerprint density at radius 1 is 1.62 bits per heavy atom. The van der Waals surface area contributed by atoms with Crippen LogP contribution >= 0.6 is 11.6 Å². The second-order valence-electron chi connectivity index (χ2n) is 2.79. The minimum absolute atomic E-state index is 0.110. The van der Waals surface area contributed by atoms with Crippen LogP contribution in [0.25, 0.3) is 0 Å². The van der Waals surface area contributed by atoms with E-state index in [9.17, 15) is 5.11 Å². The number of hydrogen-bond donors (Lipinski definition) is 2. The maximum absolute atomic E-state index is 9.46. The monoisotopic (exact) mass is 196 g/mol. The van der Waals surface area contributed by atoms with Crippen molar-refractivity contribution in [2.45, 2.75) is 13.0 Å². The lowest BCUT2D eigenvalue weighted by Gasteiger charge is -2.08. The second-order valence-corrected chi connectivity index (χ2v) is 3.20. The highest BCUT2D eigenvalue weighted by Crippen LogP contribution is 2.31. The van der Waals surface area contributed by atoms with Crippen molar-refractivity contribution in [1.29, 1.82) is 5.26 Å².